The summed E-state index contributed by atoms with van der Waals surface area (Å²) in [5.41, 5.74) is -0.602. The molecule has 0 bridgehead atoms. The average molecular weight is 651 g/mol. The highest BCUT2D eigenvalue weighted by Gasteiger charge is 2.53. The Hall–Kier alpha value is -3.72. The van der Waals surface area contributed by atoms with Gasteiger partial charge in [0.2, 0.25) is 0 Å². The van der Waals surface area contributed by atoms with E-state index in [9.17, 15) is 24.0 Å². The van der Waals surface area contributed by atoms with Gasteiger partial charge >= 0.3 is 23.9 Å². The molecule has 1 aromatic carbocycles. The van der Waals surface area contributed by atoms with Gasteiger partial charge in [0.05, 0.1) is 5.69 Å². The number of benzene rings is 1. The summed E-state index contributed by atoms with van der Waals surface area (Å²) in [6.45, 7) is 4.23. The predicted molar refractivity (Wildman–Crippen MR) is 158 cm³/mol. The van der Waals surface area contributed by atoms with Crippen molar-refractivity contribution in [3.05, 3.63) is 57.4 Å². The molecule has 0 saturated carbocycles. The van der Waals surface area contributed by atoms with Gasteiger partial charge in [-0.3, -0.25) is 28.9 Å². The lowest BCUT2D eigenvalue weighted by atomic mass is 9.99. The summed E-state index contributed by atoms with van der Waals surface area (Å²) in [6, 6.07) is 10.2. The maximum Gasteiger partial charge on any atom is 0.303 e. The van der Waals surface area contributed by atoms with Gasteiger partial charge in [0, 0.05) is 37.6 Å². The van der Waals surface area contributed by atoms with E-state index in [4.69, 9.17) is 35.3 Å². The first-order valence-corrected chi connectivity index (χ1v) is 15.0. The van der Waals surface area contributed by atoms with Gasteiger partial charge in [-0.2, -0.15) is 0 Å². The summed E-state index contributed by atoms with van der Waals surface area (Å²) < 4.78 is 27.8. The van der Waals surface area contributed by atoms with Crippen molar-refractivity contribution in [2.75, 3.05) is 11.5 Å². The van der Waals surface area contributed by atoms with Crippen molar-refractivity contribution in [1.82, 2.24) is 0 Å². The van der Waals surface area contributed by atoms with Crippen molar-refractivity contribution in [1.29, 1.82) is 0 Å². The van der Waals surface area contributed by atoms with E-state index >= 15 is 0 Å². The van der Waals surface area contributed by atoms with Gasteiger partial charge in [-0.1, -0.05) is 29.4 Å². The average Bonchev–Trinajstić information content (AvgIpc) is 3.54. The normalized spacial score (nSPS) is 24.3. The molecule has 0 aliphatic carbocycles. The third-order valence-electron chi connectivity index (χ3n) is 5.91. The van der Waals surface area contributed by atoms with Gasteiger partial charge in [0.15, 0.2) is 28.9 Å². The minimum Gasteiger partial charge on any atom is -0.463 e. The number of nitrogens with zero attached hydrogens (tertiary/aromatic N) is 2. The van der Waals surface area contributed by atoms with Crippen LogP contribution in [0.15, 0.2) is 52.5 Å². The number of amides is 1. The van der Waals surface area contributed by atoms with Gasteiger partial charge in [-0.15, -0.1) is 11.3 Å². The van der Waals surface area contributed by atoms with Crippen molar-refractivity contribution in [3.63, 3.8) is 0 Å². The van der Waals surface area contributed by atoms with Gasteiger partial charge in [0.1, 0.15) is 18.4 Å². The van der Waals surface area contributed by atoms with Crippen LogP contribution in [-0.4, -0.2) is 71.4 Å². The summed E-state index contributed by atoms with van der Waals surface area (Å²) in [5, 5.41) is 2.46. The highest BCUT2D eigenvalue weighted by atomic mass is 35.5. The van der Waals surface area contributed by atoms with Crippen LogP contribution in [0.4, 0.5) is 5.69 Å². The van der Waals surface area contributed by atoms with E-state index in [0.717, 1.165) is 37.4 Å². The van der Waals surface area contributed by atoms with Crippen LogP contribution >= 0.6 is 34.7 Å². The number of carbonyl (C=O) groups is 5. The standard InChI is InChI=1S/C28H27ClN2O10S2/c1-14(32)37-13-22-23(38-15(2)33)24(39-16(3)34)25(40-17(4)35)27(41-22)43-28-30-21(12-20-6-5-11-42-20)26(36)31(28)19-9-7-18(29)8-10-19/h5-12,22-25,27H,13H2,1-4H3/b21-12+/t22-,23-,24+,25-,27+/m1/s1. The summed E-state index contributed by atoms with van der Waals surface area (Å²) in [6.07, 6.45) is -3.52. The molecule has 0 N–H and O–H groups in total. The topological polar surface area (TPSA) is 147 Å². The lowest BCUT2D eigenvalue weighted by Crippen LogP contribution is -2.61. The van der Waals surface area contributed by atoms with Crippen LogP contribution in [0.25, 0.3) is 6.08 Å². The summed E-state index contributed by atoms with van der Waals surface area (Å²) in [4.78, 5) is 68.4. The molecule has 5 atom stereocenters. The Morgan fingerprint density at radius 1 is 0.953 bits per heavy atom. The Labute approximate surface area is 259 Å². The Bertz CT molecular complexity index is 1440. The number of anilines is 1. The number of ether oxygens (including phenoxy) is 5. The van der Waals surface area contributed by atoms with Crippen LogP contribution in [-0.2, 0) is 47.7 Å². The zero-order valence-electron chi connectivity index (χ0n) is 23.4. The zero-order chi connectivity index (χ0) is 31.3. The highest BCUT2D eigenvalue weighted by Crippen LogP contribution is 2.39. The molecule has 0 unspecified atom stereocenters. The number of hydrogen-bond donors (Lipinski definition) is 0. The van der Waals surface area contributed by atoms with E-state index in [1.165, 1.54) is 23.2 Å². The molecule has 1 saturated heterocycles. The number of carbonyl (C=O) groups excluding carboxylic acids is 5. The number of halogens is 1. The Morgan fingerprint density at radius 2 is 1.58 bits per heavy atom. The molecule has 1 aromatic heterocycles. The molecule has 2 aromatic rings. The molecular formula is C28H27ClN2O10S2. The largest absolute Gasteiger partial charge is 0.463 e. The molecule has 2 aliphatic rings. The second-order valence-corrected chi connectivity index (χ2v) is 11.7. The third kappa shape index (κ3) is 8.22. The number of amidine groups is 1. The van der Waals surface area contributed by atoms with Crippen molar-refractivity contribution >= 4 is 81.4 Å². The van der Waals surface area contributed by atoms with E-state index in [-0.39, 0.29) is 17.5 Å². The number of thiophene rings is 1. The van der Waals surface area contributed by atoms with Crippen LogP contribution in [0.1, 0.15) is 32.6 Å². The number of hydrogen-bond acceptors (Lipinski definition) is 13. The molecule has 3 heterocycles. The summed E-state index contributed by atoms with van der Waals surface area (Å²) in [5.74, 6) is -3.32. The monoisotopic (exact) mass is 650 g/mol. The van der Waals surface area contributed by atoms with Gasteiger partial charge in [0.25, 0.3) is 5.91 Å². The lowest BCUT2D eigenvalue weighted by molar-refractivity contribution is -0.237. The van der Waals surface area contributed by atoms with Gasteiger partial charge in [-0.25, -0.2) is 4.99 Å². The van der Waals surface area contributed by atoms with E-state index in [2.05, 4.69) is 4.99 Å². The number of thioether (sulfide) groups is 1. The maximum absolute atomic E-state index is 13.6. The quantitative estimate of drug-likeness (QED) is 0.232. The fraction of sp³-hybridized carbons (Fsp3) is 0.357. The molecule has 15 heteroatoms. The van der Waals surface area contributed by atoms with Crippen LogP contribution in [0, 0.1) is 0 Å². The molecule has 228 valence electrons. The molecule has 2 aliphatic heterocycles. The second kappa shape index (κ2) is 14.2. The zero-order valence-corrected chi connectivity index (χ0v) is 25.8. The van der Waals surface area contributed by atoms with Gasteiger partial charge < -0.3 is 23.7 Å². The SMILES string of the molecule is CC(=O)OC[C@H]1O[C@@H](SC2=N/C(=C/c3cccs3)C(=O)N2c2ccc(Cl)cc2)[C@H](OC(C)=O)[C@@H](OC(C)=O)[C@@H]1OC(C)=O. The molecule has 1 amide bonds. The maximum atomic E-state index is 13.6. The minimum absolute atomic E-state index is 0.130. The molecule has 4 rings (SSSR count). The van der Waals surface area contributed by atoms with E-state index in [1.807, 2.05) is 17.5 Å². The lowest BCUT2D eigenvalue weighted by Gasteiger charge is -2.44. The molecule has 12 nitrogen and oxygen atoms in total. The summed E-state index contributed by atoms with van der Waals surface area (Å²) >= 11 is 8.41. The molecule has 0 spiro atoms. The molecule has 1 fully saturated rings. The fourth-order valence-electron chi connectivity index (χ4n) is 4.29. The number of esters is 4. The van der Waals surface area contributed by atoms with Crippen LogP contribution < -0.4 is 4.90 Å². The molecule has 0 radical (unpaired) electrons. The predicted octanol–water partition coefficient (Wildman–Crippen LogP) is 3.96. The smallest absolute Gasteiger partial charge is 0.303 e. The van der Waals surface area contributed by atoms with E-state index in [1.54, 1.807) is 30.3 Å². The van der Waals surface area contributed by atoms with E-state index in [0.29, 0.717) is 10.7 Å². The Kier molecular flexibility index (Phi) is 10.6. The van der Waals surface area contributed by atoms with Crippen molar-refractivity contribution in [2.24, 2.45) is 4.99 Å². The first-order chi connectivity index (χ1) is 20.4. The Morgan fingerprint density at radius 3 is 2.16 bits per heavy atom. The van der Waals surface area contributed by atoms with Gasteiger partial charge in [-0.05, 0) is 41.8 Å². The van der Waals surface area contributed by atoms with Crippen LogP contribution in [0.2, 0.25) is 5.02 Å². The number of aliphatic imine (C=N–C) groups is 1. The minimum atomic E-state index is -1.36. The van der Waals surface area contributed by atoms with Crippen LogP contribution in [0.5, 0.6) is 0 Å². The van der Waals surface area contributed by atoms with E-state index < -0.39 is 59.6 Å². The van der Waals surface area contributed by atoms with Crippen molar-refractivity contribution in [3.8, 4) is 0 Å². The highest BCUT2D eigenvalue weighted by molar-refractivity contribution is 8.14. The number of rotatable bonds is 8. The third-order valence-corrected chi connectivity index (χ3v) is 8.07. The first-order valence-electron chi connectivity index (χ1n) is 12.8. The fourth-order valence-corrected chi connectivity index (χ4v) is 6.26. The second-order valence-electron chi connectivity index (χ2n) is 9.24. The first kappa shape index (κ1) is 32.2. The van der Waals surface area contributed by atoms with Crippen molar-refractivity contribution in [2.45, 2.75) is 57.5 Å². The molecular weight excluding hydrogens is 624 g/mol. The summed E-state index contributed by atoms with van der Waals surface area (Å²) in [7, 11) is 0. The van der Waals surface area contributed by atoms with Crippen molar-refractivity contribution < 1.29 is 47.7 Å². The Balaban J connectivity index is 1.78. The van der Waals surface area contributed by atoms with Crippen LogP contribution in [0.3, 0.4) is 0 Å². The molecule has 43 heavy (non-hydrogen) atoms.